The topological polar surface area (TPSA) is 55.2 Å². The molecule has 2 heterocycles. The summed E-state index contributed by atoms with van der Waals surface area (Å²) in [7, 11) is 1.73. The number of piperidine rings is 1. The Morgan fingerprint density at radius 3 is 2.46 bits per heavy atom. The number of fused-ring (bicyclic) bond motifs is 2. The summed E-state index contributed by atoms with van der Waals surface area (Å²) < 4.78 is 1.55. The number of hydrogen-bond donors (Lipinski definition) is 0. The Morgan fingerprint density at radius 2 is 1.79 bits per heavy atom. The summed E-state index contributed by atoms with van der Waals surface area (Å²) in [5.74, 6) is 0.422. The van der Waals surface area contributed by atoms with E-state index in [1.807, 2.05) is 41.3 Å². The molecule has 0 radical (unpaired) electrons. The first-order valence-corrected chi connectivity index (χ1v) is 10.8. The molecule has 1 saturated heterocycles. The lowest BCUT2D eigenvalue weighted by molar-refractivity contribution is -0.134. The summed E-state index contributed by atoms with van der Waals surface area (Å²) in [6, 6.07) is 12.4. The molecule has 0 unspecified atom stereocenters. The Bertz CT molecular complexity index is 1100. The molecule has 4 rings (SSSR count). The van der Waals surface area contributed by atoms with Gasteiger partial charge in [-0.2, -0.15) is 0 Å². The van der Waals surface area contributed by atoms with Gasteiger partial charge in [0.2, 0.25) is 5.91 Å². The number of likely N-dealkylation sites (tertiary alicyclic amines) is 1. The standard InChI is InChI=1S/C22H25N3O2S/c1-14-7-6-8-15(2)25(14)20(26)13-28-22-23-19-12-17-10-5-4-9-16(17)11-18(19)21(27)24(22)3/h4-5,9-12,14-15H,6-8,13H2,1-3H3/t14-,15-/m0/s1. The third-order valence-corrected chi connectivity index (χ3v) is 6.72. The summed E-state index contributed by atoms with van der Waals surface area (Å²) in [6.45, 7) is 4.24. The molecule has 1 aromatic heterocycles. The first-order chi connectivity index (χ1) is 13.5. The van der Waals surface area contributed by atoms with Crippen molar-refractivity contribution in [3.8, 4) is 0 Å². The first kappa shape index (κ1) is 19.0. The number of nitrogens with zero attached hydrogens (tertiary/aromatic N) is 3. The largest absolute Gasteiger partial charge is 0.337 e. The zero-order chi connectivity index (χ0) is 19.8. The number of amides is 1. The number of carbonyl (C=O) groups is 1. The molecular formula is C22H25N3O2S. The molecule has 0 saturated carbocycles. The minimum absolute atomic E-state index is 0.0783. The smallest absolute Gasteiger partial charge is 0.261 e. The van der Waals surface area contributed by atoms with Crippen LogP contribution in [0.3, 0.4) is 0 Å². The van der Waals surface area contributed by atoms with Gasteiger partial charge in [-0.1, -0.05) is 36.0 Å². The second kappa shape index (κ2) is 7.59. The van der Waals surface area contributed by atoms with E-state index in [-0.39, 0.29) is 23.6 Å². The number of rotatable bonds is 3. The van der Waals surface area contributed by atoms with Gasteiger partial charge in [0.1, 0.15) is 0 Å². The monoisotopic (exact) mass is 395 g/mol. The van der Waals surface area contributed by atoms with Crippen LogP contribution in [0.5, 0.6) is 0 Å². The Morgan fingerprint density at radius 1 is 1.14 bits per heavy atom. The molecule has 146 valence electrons. The van der Waals surface area contributed by atoms with Crippen LogP contribution in [0.15, 0.2) is 46.3 Å². The highest BCUT2D eigenvalue weighted by Gasteiger charge is 2.28. The normalized spacial score (nSPS) is 20.0. The zero-order valence-corrected chi connectivity index (χ0v) is 17.3. The molecule has 1 aliphatic heterocycles. The average Bonchev–Trinajstić information content (AvgIpc) is 2.68. The van der Waals surface area contributed by atoms with Gasteiger partial charge in [-0.3, -0.25) is 14.2 Å². The molecule has 0 aliphatic carbocycles. The van der Waals surface area contributed by atoms with Crippen LogP contribution in [0, 0.1) is 0 Å². The van der Waals surface area contributed by atoms with E-state index in [4.69, 9.17) is 4.98 Å². The number of benzene rings is 2. The molecule has 6 heteroatoms. The summed E-state index contributed by atoms with van der Waals surface area (Å²) in [6.07, 6.45) is 3.29. The minimum Gasteiger partial charge on any atom is -0.337 e. The third-order valence-electron chi connectivity index (χ3n) is 5.71. The van der Waals surface area contributed by atoms with E-state index in [1.54, 1.807) is 11.6 Å². The van der Waals surface area contributed by atoms with Crippen LogP contribution in [-0.4, -0.2) is 38.2 Å². The quantitative estimate of drug-likeness (QED) is 0.383. The van der Waals surface area contributed by atoms with E-state index in [2.05, 4.69) is 13.8 Å². The van der Waals surface area contributed by atoms with E-state index in [1.165, 1.54) is 18.2 Å². The third kappa shape index (κ3) is 3.41. The van der Waals surface area contributed by atoms with Gasteiger partial charge < -0.3 is 4.90 Å². The Kier molecular flexibility index (Phi) is 5.15. The molecular weight excluding hydrogens is 370 g/mol. The fourth-order valence-electron chi connectivity index (χ4n) is 4.18. The van der Waals surface area contributed by atoms with E-state index >= 15 is 0 Å². The summed E-state index contributed by atoms with van der Waals surface area (Å²) in [5.41, 5.74) is 0.599. The van der Waals surface area contributed by atoms with Gasteiger partial charge in [-0.25, -0.2) is 4.98 Å². The molecule has 2 atom stereocenters. The van der Waals surface area contributed by atoms with Crippen molar-refractivity contribution in [3.63, 3.8) is 0 Å². The van der Waals surface area contributed by atoms with Crippen molar-refractivity contribution >= 4 is 39.3 Å². The van der Waals surface area contributed by atoms with Crippen molar-refractivity contribution in [2.24, 2.45) is 7.05 Å². The molecule has 0 spiro atoms. The highest BCUT2D eigenvalue weighted by molar-refractivity contribution is 7.99. The molecule has 3 aromatic rings. The van der Waals surface area contributed by atoms with Crippen molar-refractivity contribution in [1.82, 2.24) is 14.5 Å². The molecule has 1 fully saturated rings. The molecule has 0 bridgehead atoms. The van der Waals surface area contributed by atoms with Gasteiger partial charge in [-0.05, 0) is 56.0 Å². The van der Waals surface area contributed by atoms with Crippen LogP contribution in [0.4, 0.5) is 0 Å². The second-order valence-corrected chi connectivity index (χ2v) is 8.64. The SMILES string of the molecule is C[C@H]1CCC[C@H](C)N1C(=O)CSc1nc2cc3ccccc3cc2c(=O)n1C. The summed E-state index contributed by atoms with van der Waals surface area (Å²) in [5, 5.41) is 3.27. The maximum atomic E-state index is 12.9. The maximum absolute atomic E-state index is 12.9. The fraction of sp³-hybridized carbons (Fsp3) is 0.409. The first-order valence-electron chi connectivity index (χ1n) is 9.79. The average molecular weight is 396 g/mol. The van der Waals surface area contributed by atoms with Gasteiger partial charge in [0.05, 0.1) is 16.7 Å². The van der Waals surface area contributed by atoms with Crippen LogP contribution in [0.25, 0.3) is 21.7 Å². The van der Waals surface area contributed by atoms with Crippen LogP contribution in [-0.2, 0) is 11.8 Å². The second-order valence-electron chi connectivity index (χ2n) is 7.69. The lowest BCUT2D eigenvalue weighted by Crippen LogP contribution is -2.48. The minimum atomic E-state index is -0.0783. The Labute approximate surface area is 168 Å². The van der Waals surface area contributed by atoms with Crippen molar-refractivity contribution in [1.29, 1.82) is 0 Å². The van der Waals surface area contributed by atoms with Crippen molar-refractivity contribution < 1.29 is 4.79 Å². The predicted molar refractivity (Wildman–Crippen MR) is 115 cm³/mol. The molecule has 28 heavy (non-hydrogen) atoms. The Balaban J connectivity index is 1.63. The Hall–Kier alpha value is -2.34. The van der Waals surface area contributed by atoms with E-state index in [9.17, 15) is 9.59 Å². The van der Waals surface area contributed by atoms with Gasteiger partial charge in [0.15, 0.2) is 5.16 Å². The van der Waals surface area contributed by atoms with Gasteiger partial charge >= 0.3 is 0 Å². The molecule has 1 aliphatic rings. The van der Waals surface area contributed by atoms with Gasteiger partial charge in [0.25, 0.3) is 5.56 Å². The van der Waals surface area contributed by atoms with Crippen LogP contribution >= 0.6 is 11.8 Å². The van der Waals surface area contributed by atoms with Crippen LogP contribution in [0.1, 0.15) is 33.1 Å². The van der Waals surface area contributed by atoms with Crippen molar-refractivity contribution in [2.75, 3.05) is 5.75 Å². The zero-order valence-electron chi connectivity index (χ0n) is 16.5. The van der Waals surface area contributed by atoms with Crippen LogP contribution < -0.4 is 5.56 Å². The summed E-state index contributed by atoms with van der Waals surface area (Å²) in [4.78, 5) is 32.4. The summed E-state index contributed by atoms with van der Waals surface area (Å²) >= 11 is 1.35. The molecule has 1 amide bonds. The predicted octanol–water partition coefficient (Wildman–Crippen LogP) is 3.97. The number of carbonyl (C=O) groups excluding carboxylic acids is 1. The molecule has 5 nitrogen and oxygen atoms in total. The molecule has 2 aromatic carbocycles. The van der Waals surface area contributed by atoms with Crippen molar-refractivity contribution in [3.05, 3.63) is 46.8 Å². The van der Waals surface area contributed by atoms with E-state index < -0.39 is 0 Å². The lowest BCUT2D eigenvalue weighted by atomic mass is 9.98. The number of aromatic nitrogens is 2. The van der Waals surface area contributed by atoms with Gasteiger partial charge in [0, 0.05) is 19.1 Å². The fourth-order valence-corrected chi connectivity index (χ4v) is 5.02. The highest BCUT2D eigenvalue weighted by Crippen LogP contribution is 2.26. The maximum Gasteiger partial charge on any atom is 0.261 e. The highest BCUT2D eigenvalue weighted by atomic mass is 32.2. The van der Waals surface area contributed by atoms with Gasteiger partial charge in [-0.15, -0.1) is 0 Å². The number of hydrogen-bond acceptors (Lipinski definition) is 4. The number of thioether (sulfide) groups is 1. The van der Waals surface area contributed by atoms with Crippen LogP contribution in [0.2, 0.25) is 0 Å². The van der Waals surface area contributed by atoms with Crippen molar-refractivity contribution in [2.45, 2.75) is 50.4 Å². The molecule has 0 N–H and O–H groups in total. The van der Waals surface area contributed by atoms with E-state index in [0.29, 0.717) is 21.8 Å². The lowest BCUT2D eigenvalue weighted by Gasteiger charge is -2.39. The van der Waals surface area contributed by atoms with E-state index in [0.717, 1.165) is 23.6 Å².